The maximum absolute atomic E-state index is 12.1. The van der Waals surface area contributed by atoms with Crippen molar-refractivity contribution in [2.75, 3.05) is 11.9 Å². The second kappa shape index (κ2) is 8.31. The maximum Gasteiger partial charge on any atom is 0.342 e. The van der Waals surface area contributed by atoms with Gasteiger partial charge >= 0.3 is 17.6 Å². The Bertz CT molecular complexity index is 935. The van der Waals surface area contributed by atoms with E-state index in [4.69, 9.17) is 9.15 Å². The summed E-state index contributed by atoms with van der Waals surface area (Å²) < 4.78 is 9.73. The number of benzene rings is 1. The van der Waals surface area contributed by atoms with Gasteiger partial charge in [-0.2, -0.15) is 0 Å². The molecule has 0 bridgehead atoms. The van der Waals surface area contributed by atoms with Gasteiger partial charge in [0.25, 0.3) is 5.91 Å². The van der Waals surface area contributed by atoms with Gasteiger partial charge in [0.05, 0.1) is 0 Å². The van der Waals surface area contributed by atoms with E-state index >= 15 is 0 Å². The number of rotatable bonds is 4. The first-order valence-corrected chi connectivity index (χ1v) is 8.14. The van der Waals surface area contributed by atoms with Crippen LogP contribution in [0.5, 0.6) is 0 Å². The topological polar surface area (TPSA) is 115 Å². The van der Waals surface area contributed by atoms with E-state index in [1.54, 1.807) is 19.1 Å². The Balaban J connectivity index is 1.90. The fraction of sp³-hybridized carbons (Fsp3) is 0.263. The molecular formula is C19H20N2O6. The van der Waals surface area contributed by atoms with Crippen molar-refractivity contribution >= 4 is 23.6 Å². The monoisotopic (exact) mass is 372 g/mol. The highest BCUT2D eigenvalue weighted by Crippen LogP contribution is 2.14. The molecule has 0 radical (unpaired) electrons. The minimum atomic E-state index is -0.821. The van der Waals surface area contributed by atoms with Gasteiger partial charge < -0.3 is 14.5 Å². The summed E-state index contributed by atoms with van der Waals surface area (Å²) in [6.07, 6.45) is 0. The zero-order valence-corrected chi connectivity index (χ0v) is 15.5. The number of aryl methyl sites for hydroxylation is 4. The van der Waals surface area contributed by atoms with Gasteiger partial charge in [-0.05, 0) is 56.5 Å². The number of imide groups is 1. The van der Waals surface area contributed by atoms with Crippen LogP contribution in [0.1, 0.15) is 32.8 Å². The van der Waals surface area contributed by atoms with Gasteiger partial charge in [-0.3, -0.25) is 10.1 Å². The number of ether oxygens (including phenoxy) is 1. The minimum Gasteiger partial charge on any atom is -0.452 e. The van der Waals surface area contributed by atoms with Gasteiger partial charge in [0.15, 0.2) is 6.61 Å². The Labute approximate surface area is 155 Å². The number of hydrogen-bond acceptors (Lipinski definition) is 6. The van der Waals surface area contributed by atoms with Crippen molar-refractivity contribution < 1.29 is 23.5 Å². The fourth-order valence-corrected chi connectivity index (χ4v) is 2.41. The fourth-order valence-electron chi connectivity index (χ4n) is 2.41. The van der Waals surface area contributed by atoms with Crippen molar-refractivity contribution in [1.82, 2.24) is 5.32 Å². The molecule has 27 heavy (non-hydrogen) atoms. The molecule has 0 atom stereocenters. The van der Waals surface area contributed by atoms with Crippen LogP contribution in [0.2, 0.25) is 0 Å². The summed E-state index contributed by atoms with van der Waals surface area (Å²) in [5.41, 5.74) is 2.47. The number of carbonyl (C=O) groups is 3. The molecular weight excluding hydrogens is 352 g/mol. The van der Waals surface area contributed by atoms with E-state index < -0.39 is 30.1 Å². The summed E-state index contributed by atoms with van der Waals surface area (Å²) in [6.45, 7) is 6.19. The molecule has 2 N–H and O–H groups in total. The second-order valence-corrected chi connectivity index (χ2v) is 6.06. The molecule has 8 nitrogen and oxygen atoms in total. The van der Waals surface area contributed by atoms with Crippen LogP contribution in [0.3, 0.4) is 0 Å². The van der Waals surface area contributed by atoms with Crippen LogP contribution in [0.25, 0.3) is 0 Å². The van der Waals surface area contributed by atoms with Crippen LogP contribution < -0.4 is 16.3 Å². The lowest BCUT2D eigenvalue weighted by Crippen LogP contribution is -2.37. The molecule has 2 aromatic rings. The maximum atomic E-state index is 12.1. The summed E-state index contributed by atoms with van der Waals surface area (Å²) in [5, 5.41) is 4.59. The molecule has 8 heteroatoms. The summed E-state index contributed by atoms with van der Waals surface area (Å²) in [5.74, 6) is -1.52. The summed E-state index contributed by atoms with van der Waals surface area (Å²) in [4.78, 5) is 47.0. The Morgan fingerprint density at radius 1 is 1.00 bits per heavy atom. The summed E-state index contributed by atoms with van der Waals surface area (Å²) >= 11 is 0. The van der Waals surface area contributed by atoms with Crippen LogP contribution in [0.15, 0.2) is 33.5 Å². The zero-order valence-electron chi connectivity index (χ0n) is 15.5. The lowest BCUT2D eigenvalue weighted by atomic mass is 10.1. The quantitative estimate of drug-likeness (QED) is 0.797. The third-order valence-corrected chi connectivity index (χ3v) is 3.89. The lowest BCUT2D eigenvalue weighted by molar-refractivity contribution is -0.123. The van der Waals surface area contributed by atoms with Crippen molar-refractivity contribution in [2.24, 2.45) is 0 Å². The van der Waals surface area contributed by atoms with Gasteiger partial charge in [-0.1, -0.05) is 6.07 Å². The van der Waals surface area contributed by atoms with Crippen LogP contribution in [0.4, 0.5) is 10.5 Å². The van der Waals surface area contributed by atoms with Crippen LogP contribution >= 0.6 is 0 Å². The molecule has 0 saturated carbocycles. The van der Waals surface area contributed by atoms with E-state index in [0.717, 1.165) is 17.2 Å². The van der Waals surface area contributed by atoms with E-state index in [-0.39, 0.29) is 11.3 Å². The van der Waals surface area contributed by atoms with E-state index in [9.17, 15) is 19.2 Å². The van der Waals surface area contributed by atoms with E-state index in [0.29, 0.717) is 11.3 Å². The number of amides is 3. The molecule has 3 amide bonds. The van der Waals surface area contributed by atoms with Gasteiger partial charge in [0, 0.05) is 11.8 Å². The predicted molar refractivity (Wildman–Crippen MR) is 97.8 cm³/mol. The molecule has 0 saturated heterocycles. The van der Waals surface area contributed by atoms with Gasteiger partial charge in [0.1, 0.15) is 11.3 Å². The SMILES string of the molecule is Cc1ccc(NC(=O)NC(=O)COC(=O)c2c(C)cc(=O)oc2C)cc1C. The molecule has 142 valence electrons. The molecule has 0 aliphatic rings. The Kier molecular flexibility index (Phi) is 6.12. The number of nitrogens with one attached hydrogen (secondary N) is 2. The average Bonchev–Trinajstić information content (AvgIpc) is 2.55. The average molecular weight is 372 g/mol. The molecule has 0 fully saturated rings. The van der Waals surface area contributed by atoms with Gasteiger partial charge in [-0.25, -0.2) is 14.4 Å². The summed E-state index contributed by atoms with van der Waals surface area (Å²) in [6, 6.07) is 5.74. The van der Waals surface area contributed by atoms with Crippen molar-refractivity contribution in [3.63, 3.8) is 0 Å². The lowest BCUT2D eigenvalue weighted by Gasteiger charge is -2.10. The van der Waals surface area contributed by atoms with E-state index in [2.05, 4.69) is 10.6 Å². The highest BCUT2D eigenvalue weighted by molar-refractivity contribution is 6.02. The smallest absolute Gasteiger partial charge is 0.342 e. The van der Waals surface area contributed by atoms with Crippen LogP contribution in [0, 0.1) is 27.7 Å². The highest BCUT2D eigenvalue weighted by atomic mass is 16.5. The third kappa shape index (κ3) is 5.27. The van der Waals surface area contributed by atoms with Crippen molar-refractivity contribution in [1.29, 1.82) is 0 Å². The Hall–Kier alpha value is -3.42. The minimum absolute atomic E-state index is 0.0713. The normalized spacial score (nSPS) is 10.2. The number of anilines is 1. The molecule has 0 aliphatic heterocycles. The van der Waals surface area contributed by atoms with Gasteiger partial charge in [-0.15, -0.1) is 0 Å². The number of esters is 1. The van der Waals surface area contributed by atoms with Crippen molar-refractivity contribution in [2.45, 2.75) is 27.7 Å². The number of hydrogen-bond donors (Lipinski definition) is 2. The number of urea groups is 1. The van der Waals surface area contributed by atoms with Gasteiger partial charge in [0.2, 0.25) is 0 Å². The molecule has 0 aliphatic carbocycles. The van der Waals surface area contributed by atoms with Crippen LogP contribution in [-0.2, 0) is 9.53 Å². The largest absolute Gasteiger partial charge is 0.452 e. The molecule has 1 aromatic carbocycles. The first-order chi connectivity index (χ1) is 12.7. The standard InChI is InChI=1S/C19H20N2O6/c1-10-5-6-14(7-11(10)2)20-19(25)21-15(22)9-26-18(24)17-12(3)8-16(23)27-13(17)4/h5-8H,9H2,1-4H3,(H2,20,21,22,25). The predicted octanol–water partition coefficient (Wildman–Crippen LogP) is 2.38. The Morgan fingerprint density at radius 2 is 1.70 bits per heavy atom. The number of carbonyl (C=O) groups excluding carboxylic acids is 3. The molecule has 2 rings (SSSR count). The first kappa shape index (κ1) is 19.9. The third-order valence-electron chi connectivity index (χ3n) is 3.89. The van der Waals surface area contributed by atoms with Crippen molar-refractivity contribution in [3.8, 4) is 0 Å². The highest BCUT2D eigenvalue weighted by Gasteiger charge is 2.18. The zero-order chi connectivity index (χ0) is 20.1. The van der Waals surface area contributed by atoms with E-state index in [1.807, 2.05) is 19.9 Å². The van der Waals surface area contributed by atoms with Crippen LogP contribution in [-0.4, -0.2) is 24.5 Å². The molecule has 0 unspecified atom stereocenters. The second-order valence-electron chi connectivity index (χ2n) is 6.06. The molecule has 1 heterocycles. The molecule has 1 aromatic heterocycles. The first-order valence-electron chi connectivity index (χ1n) is 8.14. The van der Waals surface area contributed by atoms with E-state index in [1.165, 1.54) is 6.92 Å². The summed E-state index contributed by atoms with van der Waals surface area (Å²) in [7, 11) is 0. The van der Waals surface area contributed by atoms with Crippen molar-refractivity contribution in [3.05, 3.63) is 62.7 Å². The molecule has 0 spiro atoms. The Morgan fingerprint density at radius 3 is 2.33 bits per heavy atom.